The first-order valence-corrected chi connectivity index (χ1v) is 6.20. The van der Waals surface area contributed by atoms with Crippen LogP contribution in [-0.2, 0) is 6.42 Å². The van der Waals surface area contributed by atoms with Crippen LogP contribution in [0.5, 0.6) is 5.75 Å². The molecule has 0 spiro atoms. The van der Waals surface area contributed by atoms with Gasteiger partial charge in [-0.3, -0.25) is 9.78 Å². The molecule has 0 N–H and O–H groups in total. The molecule has 0 atom stereocenters. The maximum atomic E-state index is 12.3. The fourth-order valence-electron chi connectivity index (χ4n) is 2.12. The molecule has 3 nitrogen and oxygen atoms in total. The summed E-state index contributed by atoms with van der Waals surface area (Å²) in [5.74, 6) is 0.830. The number of aryl methyl sites for hydroxylation is 2. The van der Waals surface area contributed by atoms with E-state index in [1.54, 1.807) is 7.11 Å². The molecular formula is C16H17NO2. The topological polar surface area (TPSA) is 39.2 Å². The van der Waals surface area contributed by atoms with Crippen molar-refractivity contribution in [2.24, 2.45) is 0 Å². The number of rotatable bonds is 4. The number of hydrogen-bond donors (Lipinski definition) is 0. The molecule has 2 rings (SSSR count). The van der Waals surface area contributed by atoms with Crippen LogP contribution >= 0.6 is 0 Å². The molecule has 0 radical (unpaired) electrons. The number of carbonyl (C=O) groups is 1. The van der Waals surface area contributed by atoms with Crippen molar-refractivity contribution in [3.8, 4) is 5.75 Å². The summed E-state index contributed by atoms with van der Waals surface area (Å²) in [6.07, 6.45) is 0.340. The van der Waals surface area contributed by atoms with Crippen LogP contribution in [0.25, 0.3) is 0 Å². The summed E-state index contributed by atoms with van der Waals surface area (Å²) in [5.41, 5.74) is 3.34. The van der Waals surface area contributed by atoms with E-state index in [0.29, 0.717) is 12.0 Å². The van der Waals surface area contributed by atoms with Gasteiger partial charge in [-0.05, 0) is 32.0 Å². The average Bonchev–Trinajstić information content (AvgIpc) is 2.38. The van der Waals surface area contributed by atoms with Crippen LogP contribution < -0.4 is 4.74 Å². The predicted octanol–water partition coefficient (Wildman–Crippen LogP) is 3.13. The Balaban J connectivity index is 2.25. The highest BCUT2D eigenvalue weighted by Gasteiger charge is 2.11. The van der Waals surface area contributed by atoms with Crippen molar-refractivity contribution in [2.75, 3.05) is 7.11 Å². The zero-order chi connectivity index (χ0) is 13.8. The van der Waals surface area contributed by atoms with Crippen LogP contribution in [0, 0.1) is 13.8 Å². The van der Waals surface area contributed by atoms with E-state index in [-0.39, 0.29) is 5.78 Å². The van der Waals surface area contributed by atoms with Gasteiger partial charge in [0.15, 0.2) is 5.78 Å². The number of aromatic nitrogens is 1. The van der Waals surface area contributed by atoms with Crippen molar-refractivity contribution < 1.29 is 9.53 Å². The van der Waals surface area contributed by atoms with Gasteiger partial charge < -0.3 is 4.74 Å². The molecule has 0 aliphatic carbocycles. The van der Waals surface area contributed by atoms with E-state index in [9.17, 15) is 4.79 Å². The Labute approximate surface area is 113 Å². The van der Waals surface area contributed by atoms with Crippen molar-refractivity contribution >= 4 is 5.78 Å². The van der Waals surface area contributed by atoms with Gasteiger partial charge >= 0.3 is 0 Å². The minimum Gasteiger partial charge on any atom is -0.496 e. The second kappa shape index (κ2) is 5.65. The number of Topliss-reactive ketones (excluding diaryl/α,β-unsaturated/α-hetero) is 1. The Morgan fingerprint density at radius 3 is 2.42 bits per heavy atom. The number of nitrogens with zero attached hydrogens (tertiary/aromatic N) is 1. The summed E-state index contributed by atoms with van der Waals surface area (Å²) in [5, 5.41) is 0. The van der Waals surface area contributed by atoms with Crippen molar-refractivity contribution in [3.63, 3.8) is 0 Å². The van der Waals surface area contributed by atoms with Crippen molar-refractivity contribution in [3.05, 3.63) is 58.9 Å². The second-order valence-electron chi connectivity index (χ2n) is 4.55. The van der Waals surface area contributed by atoms with Crippen molar-refractivity contribution in [2.45, 2.75) is 20.3 Å². The lowest BCUT2D eigenvalue weighted by Crippen LogP contribution is -2.06. The highest BCUT2D eigenvalue weighted by molar-refractivity contribution is 5.98. The van der Waals surface area contributed by atoms with E-state index >= 15 is 0 Å². The van der Waals surface area contributed by atoms with Crippen molar-refractivity contribution in [1.82, 2.24) is 4.98 Å². The van der Waals surface area contributed by atoms with Gasteiger partial charge in [-0.25, -0.2) is 0 Å². The van der Waals surface area contributed by atoms with Gasteiger partial charge in [0.1, 0.15) is 5.75 Å². The minimum atomic E-state index is 0.0816. The third kappa shape index (κ3) is 3.19. The lowest BCUT2D eigenvalue weighted by atomic mass is 10.0. The second-order valence-corrected chi connectivity index (χ2v) is 4.55. The summed E-state index contributed by atoms with van der Waals surface area (Å²) >= 11 is 0. The molecule has 0 fully saturated rings. The van der Waals surface area contributed by atoms with Crippen LogP contribution in [0.15, 0.2) is 36.4 Å². The molecule has 0 bridgehead atoms. The first-order valence-electron chi connectivity index (χ1n) is 6.20. The number of carbonyl (C=O) groups excluding carboxylic acids is 1. The summed E-state index contributed by atoms with van der Waals surface area (Å²) in [4.78, 5) is 16.6. The van der Waals surface area contributed by atoms with E-state index in [1.807, 2.05) is 50.2 Å². The number of benzene rings is 1. The van der Waals surface area contributed by atoms with Gasteiger partial charge in [0.05, 0.1) is 7.11 Å². The van der Waals surface area contributed by atoms with Gasteiger partial charge in [0.25, 0.3) is 0 Å². The fraction of sp³-hybridized carbons (Fsp3) is 0.250. The van der Waals surface area contributed by atoms with E-state index in [2.05, 4.69) is 4.98 Å². The predicted molar refractivity (Wildman–Crippen MR) is 74.7 cm³/mol. The number of hydrogen-bond acceptors (Lipinski definition) is 3. The maximum absolute atomic E-state index is 12.3. The quantitative estimate of drug-likeness (QED) is 0.788. The van der Waals surface area contributed by atoms with Gasteiger partial charge in [0.2, 0.25) is 0 Å². The van der Waals surface area contributed by atoms with E-state index in [0.717, 1.165) is 22.7 Å². The molecule has 0 unspecified atom stereocenters. The fourth-order valence-corrected chi connectivity index (χ4v) is 2.12. The molecule has 1 aromatic carbocycles. The molecule has 0 saturated carbocycles. The molecule has 3 heteroatoms. The Hall–Kier alpha value is -2.16. The number of ketones is 1. The normalized spacial score (nSPS) is 10.3. The summed E-state index contributed by atoms with van der Waals surface area (Å²) in [7, 11) is 1.62. The van der Waals surface area contributed by atoms with Gasteiger partial charge in [-0.2, -0.15) is 0 Å². The Morgan fingerprint density at radius 1 is 1.16 bits per heavy atom. The third-order valence-electron chi connectivity index (χ3n) is 2.95. The Morgan fingerprint density at radius 2 is 1.79 bits per heavy atom. The molecule has 98 valence electrons. The molecule has 0 aliphatic heterocycles. The zero-order valence-corrected chi connectivity index (χ0v) is 11.4. The van der Waals surface area contributed by atoms with E-state index in [1.165, 1.54) is 0 Å². The summed E-state index contributed by atoms with van der Waals surface area (Å²) in [6.45, 7) is 3.79. The zero-order valence-electron chi connectivity index (χ0n) is 11.4. The SMILES string of the molecule is COc1ccccc1CC(=O)c1cc(C)nc(C)c1. The minimum absolute atomic E-state index is 0.0816. The molecule has 19 heavy (non-hydrogen) atoms. The number of methoxy groups -OCH3 is 1. The Kier molecular flexibility index (Phi) is 3.95. The van der Waals surface area contributed by atoms with Gasteiger partial charge in [-0.15, -0.1) is 0 Å². The molecule has 2 aromatic rings. The van der Waals surface area contributed by atoms with Gasteiger partial charge in [-0.1, -0.05) is 18.2 Å². The van der Waals surface area contributed by atoms with Crippen LogP contribution in [0.2, 0.25) is 0 Å². The average molecular weight is 255 g/mol. The molecule has 1 heterocycles. The number of para-hydroxylation sites is 1. The molecular weight excluding hydrogens is 238 g/mol. The highest BCUT2D eigenvalue weighted by Crippen LogP contribution is 2.19. The monoisotopic (exact) mass is 255 g/mol. The molecule has 0 saturated heterocycles. The lowest BCUT2D eigenvalue weighted by molar-refractivity contribution is 0.0992. The lowest BCUT2D eigenvalue weighted by Gasteiger charge is -2.08. The van der Waals surface area contributed by atoms with Crippen molar-refractivity contribution in [1.29, 1.82) is 0 Å². The maximum Gasteiger partial charge on any atom is 0.167 e. The van der Waals surface area contributed by atoms with E-state index < -0.39 is 0 Å². The molecule has 0 aliphatic rings. The standard InChI is InChI=1S/C16H17NO2/c1-11-8-14(9-12(2)17-11)15(18)10-13-6-4-5-7-16(13)19-3/h4-9H,10H2,1-3H3. The largest absolute Gasteiger partial charge is 0.496 e. The summed E-state index contributed by atoms with van der Waals surface area (Å²) in [6, 6.07) is 11.2. The van der Waals surface area contributed by atoms with Crippen LogP contribution in [-0.4, -0.2) is 17.9 Å². The molecule has 1 aromatic heterocycles. The summed E-state index contributed by atoms with van der Waals surface area (Å²) < 4.78 is 5.26. The smallest absolute Gasteiger partial charge is 0.167 e. The number of ether oxygens (including phenoxy) is 1. The highest BCUT2D eigenvalue weighted by atomic mass is 16.5. The van der Waals surface area contributed by atoms with Crippen LogP contribution in [0.1, 0.15) is 27.3 Å². The first kappa shape index (κ1) is 13.3. The van der Waals surface area contributed by atoms with E-state index in [4.69, 9.17) is 4.74 Å². The third-order valence-corrected chi connectivity index (χ3v) is 2.95. The first-order chi connectivity index (χ1) is 9.10. The van der Waals surface area contributed by atoms with Crippen LogP contribution in [0.4, 0.5) is 0 Å². The molecule has 0 amide bonds. The van der Waals surface area contributed by atoms with Gasteiger partial charge in [0, 0.05) is 28.9 Å². The number of pyridine rings is 1. The Bertz CT molecular complexity index is 585. The van der Waals surface area contributed by atoms with Crippen LogP contribution in [0.3, 0.4) is 0 Å².